The van der Waals surface area contributed by atoms with Gasteiger partial charge in [0.15, 0.2) is 6.61 Å². The Labute approximate surface area is 196 Å². The molecule has 0 aliphatic carbocycles. The normalized spacial score (nSPS) is 10.7. The summed E-state index contributed by atoms with van der Waals surface area (Å²) in [6.07, 6.45) is 0. The molecule has 0 aliphatic rings. The molecule has 0 atom stereocenters. The van der Waals surface area contributed by atoms with E-state index < -0.39 is 28.5 Å². The Hall–Kier alpha value is -3.87. The van der Waals surface area contributed by atoms with Crippen molar-refractivity contribution in [1.29, 1.82) is 5.26 Å². The largest absolute Gasteiger partial charge is 0.452 e. The van der Waals surface area contributed by atoms with Crippen LogP contribution in [0.2, 0.25) is 5.02 Å². The number of ether oxygens (including phenoxy) is 1. The van der Waals surface area contributed by atoms with Crippen LogP contribution < -0.4 is 9.62 Å². The van der Waals surface area contributed by atoms with Gasteiger partial charge in [-0.25, -0.2) is 13.2 Å². The van der Waals surface area contributed by atoms with Crippen LogP contribution in [0.15, 0.2) is 77.7 Å². The third kappa shape index (κ3) is 5.88. The van der Waals surface area contributed by atoms with Crippen molar-refractivity contribution < 1.29 is 22.7 Å². The first kappa shape index (κ1) is 23.8. The van der Waals surface area contributed by atoms with E-state index in [2.05, 4.69) is 5.32 Å². The van der Waals surface area contributed by atoms with E-state index in [4.69, 9.17) is 21.6 Å². The number of rotatable bonds is 7. The number of hydrogen-bond acceptors (Lipinski definition) is 6. The van der Waals surface area contributed by atoms with E-state index in [0.717, 1.165) is 4.31 Å². The molecule has 1 N–H and O–H groups in total. The second-order valence-corrected chi connectivity index (χ2v) is 9.20. The van der Waals surface area contributed by atoms with Crippen molar-refractivity contribution in [3.63, 3.8) is 0 Å². The first-order valence-electron chi connectivity index (χ1n) is 9.52. The second kappa shape index (κ2) is 10.2. The predicted molar refractivity (Wildman–Crippen MR) is 124 cm³/mol. The molecule has 0 saturated heterocycles. The molecule has 0 heterocycles. The highest BCUT2D eigenvalue weighted by molar-refractivity contribution is 7.92. The van der Waals surface area contributed by atoms with Crippen LogP contribution in [0.1, 0.15) is 15.9 Å². The Morgan fingerprint density at radius 3 is 2.52 bits per heavy atom. The Balaban J connectivity index is 1.69. The molecule has 3 rings (SSSR count). The number of nitrogens with one attached hydrogen (secondary N) is 1. The third-order valence-electron chi connectivity index (χ3n) is 4.51. The molecule has 10 heteroatoms. The summed E-state index contributed by atoms with van der Waals surface area (Å²) in [5.41, 5.74) is 1.07. The quantitative estimate of drug-likeness (QED) is 0.510. The summed E-state index contributed by atoms with van der Waals surface area (Å²) in [5, 5.41) is 11.8. The fourth-order valence-corrected chi connectivity index (χ4v) is 4.25. The van der Waals surface area contributed by atoms with E-state index in [-0.39, 0.29) is 10.5 Å². The summed E-state index contributed by atoms with van der Waals surface area (Å²) in [6, 6.07) is 19.9. The van der Waals surface area contributed by atoms with Crippen molar-refractivity contribution in [2.75, 3.05) is 23.3 Å². The lowest BCUT2D eigenvalue weighted by Crippen LogP contribution is -2.27. The Morgan fingerprint density at radius 2 is 1.79 bits per heavy atom. The molecule has 0 bridgehead atoms. The van der Waals surface area contributed by atoms with Crippen LogP contribution in [-0.4, -0.2) is 33.9 Å². The van der Waals surface area contributed by atoms with Crippen LogP contribution in [0.3, 0.4) is 0 Å². The number of esters is 1. The molecule has 0 radical (unpaired) electrons. The fraction of sp³-hybridized carbons (Fsp3) is 0.0870. The van der Waals surface area contributed by atoms with Gasteiger partial charge in [0, 0.05) is 17.8 Å². The number of carbonyl (C=O) groups excluding carboxylic acids is 2. The lowest BCUT2D eigenvalue weighted by molar-refractivity contribution is -0.119. The maximum absolute atomic E-state index is 13.0. The first-order valence-corrected chi connectivity index (χ1v) is 11.3. The van der Waals surface area contributed by atoms with Crippen molar-refractivity contribution in [3.05, 3.63) is 88.9 Å². The maximum atomic E-state index is 13.0. The average Bonchev–Trinajstić information content (AvgIpc) is 2.82. The first-order chi connectivity index (χ1) is 15.7. The van der Waals surface area contributed by atoms with Gasteiger partial charge in [0.05, 0.1) is 27.8 Å². The number of benzene rings is 3. The summed E-state index contributed by atoms with van der Waals surface area (Å²) < 4.78 is 32.0. The molecule has 0 unspecified atom stereocenters. The van der Waals surface area contributed by atoms with Crippen LogP contribution in [0.25, 0.3) is 0 Å². The van der Waals surface area contributed by atoms with E-state index in [1.165, 1.54) is 43.4 Å². The van der Waals surface area contributed by atoms with E-state index >= 15 is 0 Å². The summed E-state index contributed by atoms with van der Waals surface area (Å²) in [7, 11) is -2.61. The SMILES string of the molecule is CN(c1cccc(Cl)c1)S(=O)(=O)c1cccc(C(=O)OCC(=O)Nc2cccc(C#N)c2)c1. The number of sulfonamides is 1. The summed E-state index contributed by atoms with van der Waals surface area (Å²) in [5.74, 6) is -1.47. The number of nitrogens with zero attached hydrogens (tertiary/aromatic N) is 2. The van der Waals surface area contributed by atoms with Crippen LogP contribution in [0.4, 0.5) is 11.4 Å². The molecule has 168 valence electrons. The van der Waals surface area contributed by atoms with Gasteiger partial charge in [-0.05, 0) is 54.6 Å². The van der Waals surface area contributed by atoms with Gasteiger partial charge in [-0.1, -0.05) is 29.8 Å². The third-order valence-corrected chi connectivity index (χ3v) is 6.53. The topological polar surface area (TPSA) is 117 Å². The minimum absolute atomic E-state index is 0.0325. The van der Waals surface area contributed by atoms with Gasteiger partial charge in [0.1, 0.15) is 0 Å². The molecule has 0 aliphatic heterocycles. The molecule has 8 nitrogen and oxygen atoms in total. The number of amides is 1. The summed E-state index contributed by atoms with van der Waals surface area (Å²) in [6.45, 7) is -0.588. The van der Waals surface area contributed by atoms with E-state index in [0.29, 0.717) is 22.0 Å². The van der Waals surface area contributed by atoms with E-state index in [1.807, 2.05) is 6.07 Å². The summed E-state index contributed by atoms with van der Waals surface area (Å²) in [4.78, 5) is 24.3. The standard InChI is InChI=1S/C23H18ClN3O5S/c1-27(20-9-4-7-18(24)13-20)33(30,31)21-10-3-6-17(12-21)23(29)32-15-22(28)26-19-8-2-5-16(11-19)14-25/h2-13H,15H2,1H3,(H,26,28). The molecule has 0 aromatic heterocycles. The fourth-order valence-electron chi connectivity index (χ4n) is 2.83. The van der Waals surface area contributed by atoms with Crippen molar-refractivity contribution in [2.24, 2.45) is 0 Å². The predicted octanol–water partition coefficient (Wildman–Crippen LogP) is 3.83. The minimum atomic E-state index is -3.98. The molecule has 3 aromatic carbocycles. The smallest absolute Gasteiger partial charge is 0.338 e. The van der Waals surface area contributed by atoms with Crippen molar-refractivity contribution in [2.45, 2.75) is 4.90 Å². The van der Waals surface area contributed by atoms with Crippen molar-refractivity contribution in [1.82, 2.24) is 0 Å². The Bertz CT molecular complexity index is 1350. The number of anilines is 2. The minimum Gasteiger partial charge on any atom is -0.452 e. The zero-order valence-corrected chi connectivity index (χ0v) is 18.9. The lowest BCUT2D eigenvalue weighted by Gasteiger charge is -2.20. The maximum Gasteiger partial charge on any atom is 0.338 e. The molecule has 1 amide bonds. The number of hydrogen-bond donors (Lipinski definition) is 1. The zero-order chi connectivity index (χ0) is 24.0. The van der Waals surface area contributed by atoms with Gasteiger partial charge in [0.25, 0.3) is 15.9 Å². The molecule has 33 heavy (non-hydrogen) atoms. The Kier molecular flexibility index (Phi) is 7.33. The van der Waals surface area contributed by atoms with E-state index in [9.17, 15) is 18.0 Å². The number of carbonyl (C=O) groups is 2. The van der Waals surface area contributed by atoms with Gasteiger partial charge in [-0.15, -0.1) is 0 Å². The molecular weight excluding hydrogens is 466 g/mol. The molecule has 0 spiro atoms. The highest BCUT2D eigenvalue weighted by Crippen LogP contribution is 2.25. The van der Waals surface area contributed by atoms with Gasteiger partial charge in [-0.2, -0.15) is 5.26 Å². The monoisotopic (exact) mass is 483 g/mol. The number of halogens is 1. The highest BCUT2D eigenvalue weighted by Gasteiger charge is 2.23. The van der Waals surface area contributed by atoms with Crippen molar-refractivity contribution >= 4 is 44.9 Å². The molecule has 0 saturated carbocycles. The highest BCUT2D eigenvalue weighted by atomic mass is 35.5. The van der Waals surface area contributed by atoms with Crippen LogP contribution in [0.5, 0.6) is 0 Å². The summed E-state index contributed by atoms with van der Waals surface area (Å²) >= 11 is 5.95. The zero-order valence-electron chi connectivity index (χ0n) is 17.4. The molecular formula is C23H18ClN3O5S. The molecule has 3 aromatic rings. The molecule has 0 fully saturated rings. The van der Waals surface area contributed by atoms with Gasteiger partial charge < -0.3 is 10.1 Å². The second-order valence-electron chi connectivity index (χ2n) is 6.80. The van der Waals surface area contributed by atoms with Crippen LogP contribution >= 0.6 is 11.6 Å². The van der Waals surface area contributed by atoms with Crippen LogP contribution in [0, 0.1) is 11.3 Å². The number of nitriles is 1. The Morgan fingerprint density at radius 1 is 1.06 bits per heavy atom. The van der Waals surface area contributed by atoms with Gasteiger partial charge >= 0.3 is 5.97 Å². The van der Waals surface area contributed by atoms with Gasteiger partial charge in [0.2, 0.25) is 0 Å². The lowest BCUT2D eigenvalue weighted by atomic mass is 10.2. The average molecular weight is 484 g/mol. The van der Waals surface area contributed by atoms with Crippen molar-refractivity contribution in [3.8, 4) is 6.07 Å². The van der Waals surface area contributed by atoms with Gasteiger partial charge in [-0.3, -0.25) is 9.10 Å². The van der Waals surface area contributed by atoms with Crippen LogP contribution in [-0.2, 0) is 19.6 Å². The van der Waals surface area contributed by atoms with E-state index in [1.54, 1.807) is 36.4 Å².